The van der Waals surface area contributed by atoms with Crippen molar-refractivity contribution in [2.24, 2.45) is 0 Å². The predicted molar refractivity (Wildman–Crippen MR) is 87.7 cm³/mol. The van der Waals surface area contributed by atoms with E-state index in [-0.39, 0.29) is 23.9 Å². The van der Waals surface area contributed by atoms with Crippen molar-refractivity contribution in [2.45, 2.75) is 38.3 Å². The third-order valence-electron chi connectivity index (χ3n) is 4.40. The maximum atomic E-state index is 12.6. The molecule has 2 saturated heterocycles. The Labute approximate surface area is 143 Å². The maximum Gasteiger partial charge on any atom is 0.325 e. The van der Waals surface area contributed by atoms with Gasteiger partial charge in [-0.3, -0.25) is 14.5 Å². The number of rotatable bonds is 2. The van der Waals surface area contributed by atoms with Crippen LogP contribution in [0.15, 0.2) is 12.1 Å². The summed E-state index contributed by atoms with van der Waals surface area (Å²) >= 11 is 7.12. The molecule has 1 aromatic rings. The van der Waals surface area contributed by atoms with E-state index in [1.165, 1.54) is 16.2 Å². The van der Waals surface area contributed by atoms with Gasteiger partial charge in [-0.1, -0.05) is 11.6 Å². The third-order valence-corrected chi connectivity index (χ3v) is 5.62. The minimum atomic E-state index is -0.856. The van der Waals surface area contributed by atoms with E-state index in [0.29, 0.717) is 35.1 Å². The average Bonchev–Trinajstić information content (AvgIpc) is 3.02. The Bertz CT molecular complexity index is 665. The zero-order valence-corrected chi connectivity index (χ0v) is 14.5. The number of halogens is 1. The Balaban J connectivity index is 1.70. The highest BCUT2D eigenvalue weighted by Crippen LogP contribution is 2.32. The number of urea groups is 1. The maximum absolute atomic E-state index is 12.6. The molecule has 0 atom stereocenters. The van der Waals surface area contributed by atoms with Gasteiger partial charge in [-0.15, -0.1) is 11.3 Å². The second-order valence-corrected chi connectivity index (χ2v) is 7.89. The van der Waals surface area contributed by atoms with E-state index in [1.807, 2.05) is 13.8 Å². The molecule has 4 amide bonds. The van der Waals surface area contributed by atoms with Gasteiger partial charge in [-0.2, -0.15) is 0 Å². The number of amides is 4. The van der Waals surface area contributed by atoms with Crippen molar-refractivity contribution >= 4 is 40.8 Å². The smallest absolute Gasteiger partial charge is 0.325 e. The molecule has 2 fully saturated rings. The molecule has 1 spiro atoms. The quantitative estimate of drug-likeness (QED) is 0.828. The molecule has 124 valence electrons. The number of carbonyl (C=O) groups excluding carboxylic acids is 3. The van der Waals surface area contributed by atoms with E-state index in [2.05, 4.69) is 5.32 Å². The summed E-state index contributed by atoms with van der Waals surface area (Å²) < 4.78 is 0.577. The summed E-state index contributed by atoms with van der Waals surface area (Å²) in [5, 5.41) is 2.83. The number of likely N-dealkylation sites (tertiary alicyclic amines) is 1. The number of thiophene rings is 1. The highest BCUT2D eigenvalue weighted by Gasteiger charge is 2.53. The Kier molecular flexibility index (Phi) is 4.10. The van der Waals surface area contributed by atoms with Gasteiger partial charge in [-0.25, -0.2) is 4.79 Å². The minimum Gasteiger partial charge on any atom is -0.338 e. The molecular weight excluding hydrogens is 338 g/mol. The molecule has 6 nitrogen and oxygen atoms in total. The first-order valence-corrected chi connectivity index (χ1v) is 8.74. The van der Waals surface area contributed by atoms with Gasteiger partial charge < -0.3 is 10.2 Å². The number of hydrogen-bond donors (Lipinski definition) is 1. The first-order valence-electron chi connectivity index (χ1n) is 7.54. The van der Waals surface area contributed by atoms with Crippen LogP contribution < -0.4 is 5.32 Å². The summed E-state index contributed by atoms with van der Waals surface area (Å²) in [5.41, 5.74) is -0.856. The van der Waals surface area contributed by atoms with E-state index < -0.39 is 5.54 Å². The van der Waals surface area contributed by atoms with Crippen molar-refractivity contribution in [3.05, 3.63) is 21.3 Å². The first kappa shape index (κ1) is 16.3. The molecule has 2 aliphatic rings. The molecular formula is C15H18ClN3O3S. The van der Waals surface area contributed by atoms with Crippen LogP contribution in [0.1, 0.15) is 36.4 Å². The molecule has 1 N–H and O–H groups in total. The van der Waals surface area contributed by atoms with Crippen LogP contribution in [0.2, 0.25) is 4.34 Å². The summed E-state index contributed by atoms with van der Waals surface area (Å²) in [6.07, 6.45) is 0.872. The fraction of sp³-hybridized carbons (Fsp3) is 0.533. The SMILES string of the molecule is CC(C)N1C(=O)NC2(CCN(C(=O)c3ccc(Cl)s3)CC2)C1=O. The molecule has 0 saturated carbocycles. The fourth-order valence-corrected chi connectivity index (χ4v) is 4.14. The van der Waals surface area contributed by atoms with Crippen LogP contribution in [0.5, 0.6) is 0 Å². The van der Waals surface area contributed by atoms with E-state index in [1.54, 1.807) is 17.0 Å². The first-order chi connectivity index (χ1) is 10.8. The molecule has 0 aromatic carbocycles. The zero-order chi connectivity index (χ0) is 16.8. The molecule has 2 aliphatic heterocycles. The number of nitrogens with one attached hydrogen (secondary N) is 1. The lowest BCUT2D eigenvalue weighted by Gasteiger charge is -2.37. The lowest BCUT2D eigenvalue weighted by atomic mass is 9.87. The molecule has 8 heteroatoms. The fourth-order valence-electron chi connectivity index (χ4n) is 3.13. The van der Waals surface area contributed by atoms with E-state index >= 15 is 0 Å². The Morgan fingerprint density at radius 3 is 2.43 bits per heavy atom. The monoisotopic (exact) mass is 355 g/mol. The summed E-state index contributed by atoms with van der Waals surface area (Å²) in [7, 11) is 0. The van der Waals surface area contributed by atoms with Crippen molar-refractivity contribution < 1.29 is 14.4 Å². The highest BCUT2D eigenvalue weighted by molar-refractivity contribution is 7.17. The van der Waals surface area contributed by atoms with Gasteiger partial charge in [0.25, 0.3) is 11.8 Å². The molecule has 3 rings (SSSR count). The van der Waals surface area contributed by atoms with E-state index in [0.717, 1.165) is 0 Å². The number of nitrogens with zero attached hydrogens (tertiary/aromatic N) is 2. The van der Waals surface area contributed by atoms with Crippen molar-refractivity contribution in [3.63, 3.8) is 0 Å². The number of piperidine rings is 1. The van der Waals surface area contributed by atoms with Crippen LogP contribution in [-0.2, 0) is 4.79 Å². The van der Waals surface area contributed by atoms with Crippen LogP contribution >= 0.6 is 22.9 Å². The molecule has 0 bridgehead atoms. The van der Waals surface area contributed by atoms with Crippen LogP contribution in [-0.4, -0.2) is 52.3 Å². The van der Waals surface area contributed by atoms with Crippen molar-refractivity contribution in [3.8, 4) is 0 Å². The second-order valence-electron chi connectivity index (χ2n) is 6.18. The van der Waals surface area contributed by atoms with E-state index in [4.69, 9.17) is 11.6 Å². The highest BCUT2D eigenvalue weighted by atomic mass is 35.5. The Morgan fingerprint density at radius 2 is 1.96 bits per heavy atom. The van der Waals surface area contributed by atoms with Gasteiger partial charge in [0.1, 0.15) is 5.54 Å². The summed E-state index contributed by atoms with van der Waals surface area (Å²) in [5.74, 6) is -0.252. The standard InChI is InChI=1S/C15H18ClN3O3S/c1-9(2)19-13(21)15(17-14(19)22)5-7-18(8-6-15)12(20)10-3-4-11(16)23-10/h3-4,9H,5-8H2,1-2H3,(H,17,22). The van der Waals surface area contributed by atoms with E-state index in [9.17, 15) is 14.4 Å². The minimum absolute atomic E-state index is 0.0748. The van der Waals surface area contributed by atoms with Crippen molar-refractivity contribution in [1.82, 2.24) is 15.1 Å². The lowest BCUT2D eigenvalue weighted by molar-refractivity contribution is -0.133. The van der Waals surface area contributed by atoms with Crippen molar-refractivity contribution in [2.75, 3.05) is 13.1 Å². The normalized spacial score (nSPS) is 20.5. The molecule has 1 aromatic heterocycles. The average molecular weight is 356 g/mol. The largest absolute Gasteiger partial charge is 0.338 e. The number of imide groups is 1. The van der Waals surface area contributed by atoms with Gasteiger partial charge in [0.2, 0.25) is 0 Å². The number of hydrogen-bond acceptors (Lipinski definition) is 4. The van der Waals surface area contributed by atoms with Gasteiger partial charge in [-0.05, 0) is 38.8 Å². The predicted octanol–water partition coefficient (Wildman–Crippen LogP) is 2.34. The lowest BCUT2D eigenvalue weighted by Crippen LogP contribution is -2.56. The Hall–Kier alpha value is -1.60. The van der Waals surface area contributed by atoms with Gasteiger partial charge in [0.05, 0.1) is 9.21 Å². The molecule has 3 heterocycles. The number of carbonyl (C=O) groups is 3. The van der Waals surface area contributed by atoms with Crippen LogP contribution in [0.4, 0.5) is 4.79 Å². The molecule has 0 unspecified atom stereocenters. The van der Waals surface area contributed by atoms with Crippen LogP contribution in [0.25, 0.3) is 0 Å². The molecule has 0 radical (unpaired) electrons. The van der Waals surface area contributed by atoms with Crippen molar-refractivity contribution in [1.29, 1.82) is 0 Å². The summed E-state index contributed by atoms with van der Waals surface area (Å²) in [6.45, 7) is 4.50. The Morgan fingerprint density at radius 1 is 1.30 bits per heavy atom. The van der Waals surface area contributed by atoms with Gasteiger partial charge in [0, 0.05) is 19.1 Å². The third kappa shape index (κ3) is 2.72. The summed E-state index contributed by atoms with van der Waals surface area (Å²) in [6, 6.07) is 2.90. The second kappa shape index (κ2) is 5.79. The molecule has 23 heavy (non-hydrogen) atoms. The van der Waals surface area contributed by atoms with Gasteiger partial charge in [0.15, 0.2) is 0 Å². The van der Waals surface area contributed by atoms with Crippen LogP contribution in [0.3, 0.4) is 0 Å². The summed E-state index contributed by atoms with van der Waals surface area (Å²) in [4.78, 5) is 40.7. The van der Waals surface area contributed by atoms with Gasteiger partial charge >= 0.3 is 6.03 Å². The zero-order valence-electron chi connectivity index (χ0n) is 13.0. The van der Waals surface area contributed by atoms with Crippen LogP contribution in [0, 0.1) is 0 Å². The topological polar surface area (TPSA) is 69.7 Å². The molecule has 0 aliphatic carbocycles.